The van der Waals surface area contributed by atoms with Crippen molar-refractivity contribution in [2.45, 2.75) is 6.92 Å². The first-order valence-electron chi connectivity index (χ1n) is 5.08. The van der Waals surface area contributed by atoms with Gasteiger partial charge in [-0.3, -0.25) is 4.72 Å². The van der Waals surface area contributed by atoms with Crippen molar-refractivity contribution in [2.75, 3.05) is 23.0 Å². The molecule has 0 aromatic heterocycles. The summed E-state index contributed by atoms with van der Waals surface area (Å²) in [7, 11) is -3.50. The van der Waals surface area contributed by atoms with Gasteiger partial charge in [-0.25, -0.2) is 8.42 Å². The van der Waals surface area contributed by atoms with Crippen LogP contribution in [0.25, 0.3) is 0 Å². The fourth-order valence-electron chi connectivity index (χ4n) is 1.25. The Bertz CT molecular complexity index is 522. The van der Waals surface area contributed by atoms with E-state index in [0.717, 1.165) is 0 Å². The number of ether oxygens (including phenoxy) is 1. The largest absolute Gasteiger partial charge is 0.490 e. The molecule has 4 nitrogen and oxygen atoms in total. The third-order valence-corrected chi connectivity index (χ3v) is 4.40. The molecule has 0 saturated carbocycles. The van der Waals surface area contributed by atoms with Crippen LogP contribution >= 0.6 is 39.1 Å². The minimum atomic E-state index is -3.50. The maximum Gasteiger partial charge on any atom is 0.234 e. The van der Waals surface area contributed by atoms with Crippen LogP contribution in [0, 0.1) is 0 Å². The first-order chi connectivity index (χ1) is 8.39. The lowest BCUT2D eigenvalue weighted by Gasteiger charge is -2.14. The topological polar surface area (TPSA) is 55.4 Å². The Labute approximate surface area is 125 Å². The molecule has 0 aliphatic heterocycles. The Morgan fingerprint density at radius 2 is 2.11 bits per heavy atom. The van der Waals surface area contributed by atoms with Crippen molar-refractivity contribution in [1.82, 2.24) is 0 Å². The molecule has 1 rings (SSSR count). The summed E-state index contributed by atoms with van der Waals surface area (Å²) in [6.45, 7) is 2.21. The standard InChI is InChI=1S/C10H12BrCl2NO3S/c1-2-17-10-8(11)5-7(13)6-9(10)14-18(15,16)4-3-12/h5-6,14H,2-4H2,1H3. The first kappa shape index (κ1) is 15.9. The Morgan fingerprint density at radius 3 is 2.67 bits per heavy atom. The molecule has 0 aliphatic rings. The van der Waals surface area contributed by atoms with Crippen molar-refractivity contribution in [3.8, 4) is 5.75 Å². The van der Waals surface area contributed by atoms with E-state index in [9.17, 15) is 8.42 Å². The molecule has 0 spiro atoms. The van der Waals surface area contributed by atoms with Crippen LogP contribution in [0.3, 0.4) is 0 Å². The zero-order valence-electron chi connectivity index (χ0n) is 9.54. The summed E-state index contributed by atoms with van der Waals surface area (Å²) < 4.78 is 31.7. The highest BCUT2D eigenvalue weighted by atomic mass is 79.9. The van der Waals surface area contributed by atoms with Gasteiger partial charge in [-0.15, -0.1) is 11.6 Å². The predicted molar refractivity (Wildman–Crippen MR) is 78.5 cm³/mol. The van der Waals surface area contributed by atoms with Crippen molar-refractivity contribution in [2.24, 2.45) is 0 Å². The van der Waals surface area contributed by atoms with Gasteiger partial charge in [0.1, 0.15) is 0 Å². The molecule has 0 atom stereocenters. The molecule has 0 heterocycles. The first-order valence-corrected chi connectivity index (χ1v) is 8.43. The summed E-state index contributed by atoms with van der Waals surface area (Å²) in [6, 6.07) is 3.12. The number of nitrogens with one attached hydrogen (secondary N) is 1. The molecule has 18 heavy (non-hydrogen) atoms. The maximum absolute atomic E-state index is 11.7. The van der Waals surface area contributed by atoms with Crippen LogP contribution in [0.4, 0.5) is 5.69 Å². The molecule has 0 aliphatic carbocycles. The fourth-order valence-corrected chi connectivity index (χ4v) is 3.57. The lowest BCUT2D eigenvalue weighted by Crippen LogP contribution is -2.18. The number of hydrogen-bond acceptors (Lipinski definition) is 3. The molecule has 0 amide bonds. The summed E-state index contributed by atoms with van der Waals surface area (Å²) in [4.78, 5) is 0. The molecular formula is C10H12BrCl2NO3S. The second kappa shape index (κ2) is 6.84. The average Bonchev–Trinajstić information content (AvgIpc) is 2.22. The Hall–Kier alpha value is -0.170. The Kier molecular flexibility index (Phi) is 6.04. The van der Waals surface area contributed by atoms with Crippen molar-refractivity contribution in [3.63, 3.8) is 0 Å². The minimum absolute atomic E-state index is 0.0149. The van der Waals surface area contributed by atoms with Crippen molar-refractivity contribution in [1.29, 1.82) is 0 Å². The molecular weight excluding hydrogens is 365 g/mol. The molecule has 0 fully saturated rings. The number of hydrogen-bond donors (Lipinski definition) is 1. The van der Waals surface area contributed by atoms with Crippen LogP contribution in [0.2, 0.25) is 5.02 Å². The van der Waals surface area contributed by atoms with Gasteiger partial charge in [0.05, 0.1) is 22.5 Å². The van der Waals surface area contributed by atoms with Crippen molar-refractivity contribution < 1.29 is 13.2 Å². The predicted octanol–water partition coefficient (Wildman–Crippen LogP) is 3.48. The van der Waals surface area contributed by atoms with Crippen LogP contribution in [0.1, 0.15) is 6.92 Å². The average molecular weight is 377 g/mol. The van der Waals surface area contributed by atoms with Gasteiger partial charge in [0.15, 0.2) is 5.75 Å². The third kappa shape index (κ3) is 4.50. The minimum Gasteiger partial charge on any atom is -0.490 e. The lowest BCUT2D eigenvalue weighted by molar-refractivity contribution is 0.340. The van der Waals surface area contributed by atoms with Crippen LogP contribution in [-0.2, 0) is 10.0 Å². The molecule has 1 aromatic carbocycles. The summed E-state index contributed by atoms with van der Waals surface area (Å²) in [6.07, 6.45) is 0. The molecule has 8 heteroatoms. The normalized spacial score (nSPS) is 11.3. The zero-order valence-corrected chi connectivity index (χ0v) is 13.5. The van der Waals surface area contributed by atoms with E-state index in [2.05, 4.69) is 20.7 Å². The smallest absolute Gasteiger partial charge is 0.234 e. The highest BCUT2D eigenvalue weighted by Gasteiger charge is 2.16. The molecule has 0 bridgehead atoms. The SMILES string of the molecule is CCOc1c(Br)cc(Cl)cc1NS(=O)(=O)CCCl. The summed E-state index contributed by atoms with van der Waals surface area (Å²) >= 11 is 14.6. The van der Waals surface area contributed by atoms with E-state index in [1.807, 2.05) is 0 Å². The summed E-state index contributed by atoms with van der Waals surface area (Å²) in [5.41, 5.74) is 0.293. The van der Waals surface area contributed by atoms with Crippen molar-refractivity contribution in [3.05, 3.63) is 21.6 Å². The Balaban J connectivity index is 3.14. The lowest BCUT2D eigenvalue weighted by atomic mass is 10.3. The van der Waals surface area contributed by atoms with Gasteiger partial charge in [0.2, 0.25) is 10.0 Å². The zero-order chi connectivity index (χ0) is 13.8. The van der Waals surface area contributed by atoms with Crippen LogP contribution < -0.4 is 9.46 Å². The number of alkyl halides is 1. The molecule has 0 saturated heterocycles. The molecule has 1 aromatic rings. The number of benzene rings is 1. The van der Waals surface area contributed by atoms with E-state index in [0.29, 0.717) is 27.5 Å². The van der Waals surface area contributed by atoms with E-state index < -0.39 is 10.0 Å². The van der Waals surface area contributed by atoms with Gasteiger partial charge in [0.25, 0.3) is 0 Å². The quantitative estimate of drug-likeness (QED) is 0.773. The molecule has 0 radical (unpaired) electrons. The van der Waals surface area contributed by atoms with Gasteiger partial charge >= 0.3 is 0 Å². The number of anilines is 1. The monoisotopic (exact) mass is 375 g/mol. The van der Waals surface area contributed by atoms with Crippen LogP contribution in [0.5, 0.6) is 5.75 Å². The van der Waals surface area contributed by atoms with E-state index in [4.69, 9.17) is 27.9 Å². The van der Waals surface area contributed by atoms with E-state index in [1.165, 1.54) is 6.07 Å². The molecule has 1 N–H and O–H groups in total. The number of rotatable bonds is 6. The van der Waals surface area contributed by atoms with Gasteiger partial charge in [-0.2, -0.15) is 0 Å². The Morgan fingerprint density at radius 1 is 1.44 bits per heavy atom. The third-order valence-electron chi connectivity index (χ3n) is 1.91. The fraction of sp³-hybridized carbons (Fsp3) is 0.400. The summed E-state index contributed by atoms with van der Waals surface area (Å²) in [5, 5.41) is 0.397. The summed E-state index contributed by atoms with van der Waals surface area (Å²) in [5.74, 6) is 0.241. The van der Waals surface area contributed by atoms with E-state index >= 15 is 0 Å². The number of halogens is 3. The maximum atomic E-state index is 11.7. The van der Waals surface area contributed by atoms with Gasteiger partial charge in [-0.05, 0) is 35.0 Å². The molecule has 0 unspecified atom stereocenters. The van der Waals surface area contributed by atoms with Gasteiger partial charge in [0, 0.05) is 10.9 Å². The van der Waals surface area contributed by atoms with Crippen molar-refractivity contribution >= 4 is 54.8 Å². The molecule has 102 valence electrons. The highest BCUT2D eigenvalue weighted by molar-refractivity contribution is 9.10. The van der Waals surface area contributed by atoms with E-state index in [-0.39, 0.29) is 11.6 Å². The van der Waals surface area contributed by atoms with E-state index in [1.54, 1.807) is 13.0 Å². The van der Waals surface area contributed by atoms with Gasteiger partial charge < -0.3 is 4.74 Å². The van der Waals surface area contributed by atoms with Gasteiger partial charge in [-0.1, -0.05) is 11.6 Å². The number of sulfonamides is 1. The van der Waals surface area contributed by atoms with Crippen LogP contribution in [-0.4, -0.2) is 26.7 Å². The highest BCUT2D eigenvalue weighted by Crippen LogP contribution is 2.37. The van der Waals surface area contributed by atoms with Crippen LogP contribution in [0.15, 0.2) is 16.6 Å². The second-order valence-electron chi connectivity index (χ2n) is 3.31. The second-order valence-corrected chi connectivity index (χ2v) is 6.82.